The molecule has 22 heavy (non-hydrogen) atoms. The van der Waals surface area contributed by atoms with E-state index < -0.39 is 0 Å². The Bertz CT molecular complexity index is 636. The highest BCUT2D eigenvalue weighted by Crippen LogP contribution is 2.10. The zero-order valence-corrected chi connectivity index (χ0v) is 14.2. The summed E-state index contributed by atoms with van der Waals surface area (Å²) in [6, 6.07) is 14.1. The van der Waals surface area contributed by atoms with Gasteiger partial charge in [-0.2, -0.15) is 0 Å². The van der Waals surface area contributed by atoms with Crippen LogP contribution in [0.3, 0.4) is 0 Å². The van der Waals surface area contributed by atoms with Gasteiger partial charge in [-0.15, -0.1) is 0 Å². The maximum atomic E-state index is 12.8. The van der Waals surface area contributed by atoms with E-state index in [1.807, 2.05) is 24.3 Å². The summed E-state index contributed by atoms with van der Waals surface area (Å²) in [4.78, 5) is 21.3. The standard InChI is InChI=1S/C9H9BrO.C9H9FO/c1-7(11)6-8-2-4-9(10)5-3-8;1-7(11)6-8-4-2-3-5-9(8)10/h2*2-5H,6H2,1H3. The molecule has 0 amide bonds. The maximum Gasteiger partial charge on any atom is 0.134 e. The van der Waals surface area contributed by atoms with E-state index in [4.69, 9.17) is 0 Å². The Morgan fingerprint density at radius 1 is 0.909 bits per heavy atom. The van der Waals surface area contributed by atoms with E-state index in [-0.39, 0.29) is 23.8 Å². The van der Waals surface area contributed by atoms with Gasteiger partial charge in [0.2, 0.25) is 0 Å². The summed E-state index contributed by atoms with van der Waals surface area (Å²) in [5, 5.41) is 0. The number of carbonyl (C=O) groups is 2. The molecule has 4 heteroatoms. The summed E-state index contributed by atoms with van der Waals surface area (Å²) in [6.45, 7) is 3.05. The highest BCUT2D eigenvalue weighted by Gasteiger charge is 2.01. The van der Waals surface area contributed by atoms with Gasteiger partial charge >= 0.3 is 0 Å². The summed E-state index contributed by atoms with van der Waals surface area (Å²) >= 11 is 3.33. The van der Waals surface area contributed by atoms with Crippen LogP contribution in [0.2, 0.25) is 0 Å². The molecule has 0 fully saturated rings. The Morgan fingerprint density at radius 2 is 1.45 bits per heavy atom. The van der Waals surface area contributed by atoms with Gasteiger partial charge in [-0.05, 0) is 43.2 Å². The van der Waals surface area contributed by atoms with Crippen LogP contribution in [0.1, 0.15) is 25.0 Å². The van der Waals surface area contributed by atoms with Crippen LogP contribution in [-0.2, 0) is 22.4 Å². The second-order valence-electron chi connectivity index (χ2n) is 4.98. The quantitative estimate of drug-likeness (QED) is 0.797. The highest BCUT2D eigenvalue weighted by atomic mass is 79.9. The second-order valence-corrected chi connectivity index (χ2v) is 5.89. The van der Waals surface area contributed by atoms with Gasteiger partial charge in [0.15, 0.2) is 0 Å². The minimum Gasteiger partial charge on any atom is -0.300 e. The van der Waals surface area contributed by atoms with Crippen molar-refractivity contribution in [1.29, 1.82) is 0 Å². The van der Waals surface area contributed by atoms with Crippen LogP contribution in [0.4, 0.5) is 4.39 Å². The van der Waals surface area contributed by atoms with Gasteiger partial charge in [0.25, 0.3) is 0 Å². The van der Waals surface area contributed by atoms with Gasteiger partial charge in [0.1, 0.15) is 17.4 Å². The lowest BCUT2D eigenvalue weighted by molar-refractivity contribution is -0.117. The Morgan fingerprint density at radius 3 is 1.95 bits per heavy atom. The van der Waals surface area contributed by atoms with Gasteiger partial charge in [-0.1, -0.05) is 46.3 Å². The average Bonchev–Trinajstić information content (AvgIpc) is 2.44. The van der Waals surface area contributed by atoms with E-state index >= 15 is 0 Å². The molecule has 0 aromatic heterocycles. The van der Waals surface area contributed by atoms with Gasteiger partial charge in [-0.25, -0.2) is 4.39 Å². The first kappa shape index (κ1) is 18.2. The molecule has 2 aromatic rings. The number of hydrogen-bond donors (Lipinski definition) is 0. The summed E-state index contributed by atoms with van der Waals surface area (Å²) in [6.07, 6.45) is 0.722. The lowest BCUT2D eigenvalue weighted by Crippen LogP contribution is -1.98. The van der Waals surface area contributed by atoms with Crippen molar-refractivity contribution in [2.75, 3.05) is 0 Å². The number of Topliss-reactive ketones (excluding diaryl/α,β-unsaturated/α-hetero) is 2. The van der Waals surface area contributed by atoms with Crippen LogP contribution in [0.25, 0.3) is 0 Å². The lowest BCUT2D eigenvalue weighted by Gasteiger charge is -1.97. The Balaban J connectivity index is 0.000000220. The first-order valence-corrected chi connectivity index (χ1v) is 7.64. The fourth-order valence-electron chi connectivity index (χ4n) is 1.80. The van der Waals surface area contributed by atoms with Crippen LogP contribution in [0, 0.1) is 5.82 Å². The van der Waals surface area contributed by atoms with E-state index in [9.17, 15) is 14.0 Å². The summed E-state index contributed by atoms with van der Waals surface area (Å²) in [5.74, 6) is -0.120. The lowest BCUT2D eigenvalue weighted by atomic mass is 10.1. The van der Waals surface area contributed by atoms with Crippen molar-refractivity contribution in [3.63, 3.8) is 0 Å². The first-order chi connectivity index (χ1) is 10.4. The van der Waals surface area contributed by atoms with Crippen molar-refractivity contribution >= 4 is 27.5 Å². The van der Waals surface area contributed by atoms with Crippen LogP contribution >= 0.6 is 15.9 Å². The topological polar surface area (TPSA) is 34.1 Å². The fraction of sp³-hybridized carbons (Fsp3) is 0.222. The van der Waals surface area contributed by atoms with E-state index in [0.29, 0.717) is 12.0 Å². The third-order valence-corrected chi connectivity index (χ3v) is 3.29. The summed E-state index contributed by atoms with van der Waals surface area (Å²) < 4.78 is 13.8. The Kier molecular flexibility index (Phi) is 7.67. The minimum atomic E-state index is -0.303. The minimum absolute atomic E-state index is 0.0184. The molecule has 0 heterocycles. The van der Waals surface area contributed by atoms with Gasteiger partial charge in [0.05, 0.1) is 0 Å². The number of rotatable bonds is 4. The van der Waals surface area contributed by atoms with Crippen molar-refractivity contribution in [3.8, 4) is 0 Å². The molecule has 116 valence electrons. The SMILES string of the molecule is CC(=O)Cc1ccc(Br)cc1.CC(=O)Cc1ccccc1F. The average molecular weight is 365 g/mol. The molecule has 2 nitrogen and oxygen atoms in total. The summed E-state index contributed by atoms with van der Waals surface area (Å²) in [7, 11) is 0. The van der Waals surface area contributed by atoms with Crippen molar-refractivity contribution in [3.05, 3.63) is 69.9 Å². The number of halogens is 2. The van der Waals surface area contributed by atoms with Crippen molar-refractivity contribution in [1.82, 2.24) is 0 Å². The van der Waals surface area contributed by atoms with Gasteiger partial charge in [0, 0.05) is 17.3 Å². The molecule has 0 saturated carbocycles. The van der Waals surface area contributed by atoms with E-state index in [1.54, 1.807) is 25.1 Å². The smallest absolute Gasteiger partial charge is 0.134 e. The third-order valence-electron chi connectivity index (χ3n) is 2.76. The van der Waals surface area contributed by atoms with Crippen LogP contribution in [-0.4, -0.2) is 11.6 Å². The Hall–Kier alpha value is -1.81. The normalized spacial score (nSPS) is 9.64. The van der Waals surface area contributed by atoms with E-state index in [0.717, 1.165) is 10.0 Å². The van der Waals surface area contributed by atoms with Gasteiger partial charge < -0.3 is 0 Å². The molecule has 2 aromatic carbocycles. The molecule has 0 N–H and O–H groups in total. The molecular weight excluding hydrogens is 347 g/mol. The molecule has 0 unspecified atom stereocenters. The maximum absolute atomic E-state index is 12.8. The Labute approximate surface area is 138 Å². The number of hydrogen-bond acceptors (Lipinski definition) is 2. The van der Waals surface area contributed by atoms with Crippen molar-refractivity contribution in [2.24, 2.45) is 0 Å². The second kappa shape index (κ2) is 9.26. The predicted octanol–water partition coefficient (Wildman–Crippen LogP) is 4.54. The zero-order chi connectivity index (χ0) is 16.5. The molecule has 0 aliphatic carbocycles. The first-order valence-electron chi connectivity index (χ1n) is 6.85. The molecular formula is C18H18BrFO2. The van der Waals surface area contributed by atoms with E-state index in [2.05, 4.69) is 15.9 Å². The predicted molar refractivity (Wildman–Crippen MR) is 89.3 cm³/mol. The molecule has 0 radical (unpaired) electrons. The zero-order valence-electron chi connectivity index (χ0n) is 12.6. The molecule has 0 spiro atoms. The molecule has 0 aliphatic heterocycles. The molecule has 0 aliphatic rings. The number of carbonyl (C=O) groups excluding carboxylic acids is 2. The molecule has 0 bridgehead atoms. The summed E-state index contributed by atoms with van der Waals surface area (Å²) in [5.41, 5.74) is 1.54. The molecule has 2 rings (SSSR count). The number of benzene rings is 2. The van der Waals surface area contributed by atoms with Crippen LogP contribution in [0.15, 0.2) is 53.0 Å². The number of ketones is 2. The van der Waals surface area contributed by atoms with E-state index in [1.165, 1.54) is 13.0 Å². The van der Waals surface area contributed by atoms with Crippen molar-refractivity contribution in [2.45, 2.75) is 26.7 Å². The molecule has 0 atom stereocenters. The fourth-order valence-corrected chi connectivity index (χ4v) is 2.06. The van der Waals surface area contributed by atoms with Crippen LogP contribution in [0.5, 0.6) is 0 Å². The monoisotopic (exact) mass is 364 g/mol. The highest BCUT2D eigenvalue weighted by molar-refractivity contribution is 9.10. The van der Waals surface area contributed by atoms with Crippen molar-refractivity contribution < 1.29 is 14.0 Å². The van der Waals surface area contributed by atoms with Gasteiger partial charge in [-0.3, -0.25) is 9.59 Å². The largest absolute Gasteiger partial charge is 0.300 e. The van der Waals surface area contributed by atoms with Crippen LogP contribution < -0.4 is 0 Å². The third kappa shape index (κ3) is 7.27. The molecule has 0 saturated heterocycles.